The van der Waals surface area contributed by atoms with Gasteiger partial charge in [-0.05, 0) is 43.7 Å². The van der Waals surface area contributed by atoms with Crippen LogP contribution in [0.25, 0.3) is 0 Å². The highest BCUT2D eigenvalue weighted by Gasteiger charge is 2.53. The van der Waals surface area contributed by atoms with Crippen LogP contribution in [0, 0.1) is 5.92 Å². The lowest BCUT2D eigenvalue weighted by Crippen LogP contribution is -2.54. The van der Waals surface area contributed by atoms with E-state index in [-0.39, 0.29) is 39.5 Å². The molecule has 0 unspecified atom stereocenters. The number of carbonyl (C=O) groups is 4. The molecule has 0 radical (unpaired) electrons. The molecule has 19 heteroatoms. The van der Waals surface area contributed by atoms with E-state index in [1.165, 1.54) is 17.8 Å². The predicted molar refractivity (Wildman–Crippen MR) is 232 cm³/mol. The van der Waals surface area contributed by atoms with E-state index >= 15 is 0 Å². The summed E-state index contributed by atoms with van der Waals surface area (Å²) in [5, 5.41) is 19.1. The molecular formula is C33H44O9S10. The Morgan fingerprint density at radius 2 is 1.35 bits per heavy atom. The fraction of sp³-hybridized carbons (Fsp3) is 0.455. The standard InChI is InChI=1S/C16H20O5.C16H20O4.CH4.S10/c1-12(2)8-9-16(20,10-14(17)18)15(19)21-11-13-6-4-3-5-7-13;1-12(2)8-9-16(10-14(17)20-16)15(18)19-11-13-6-4-3-5-7-13;;1-3-5-7-9-10-8-6-4-2/h3-8,20H,9-11H2,1-2H3,(H,17,18);3-7,12H,8-11H2,1-2H3;1H4;/t2*16-;;/m11../s1. The highest BCUT2D eigenvalue weighted by molar-refractivity contribution is 8.73. The number of rotatable bonds is 13. The third kappa shape index (κ3) is 21.8. The number of hydrogen-bond acceptors (Lipinski definition) is 10. The van der Waals surface area contributed by atoms with Crippen molar-refractivity contribution in [2.24, 2.45) is 5.92 Å². The SMILES string of the molecule is C.CC(C)=CC[C@@](O)(CC(=O)O)C(=O)OCc1ccccc1.CC(C)CC[C@]1(C(=O)OCc2ccccc2)CC(=O)O1.S=S=S=S=S=S=S=S=S=S. The van der Waals surface area contributed by atoms with Gasteiger partial charge in [-0.3, -0.25) is 9.59 Å². The van der Waals surface area contributed by atoms with Crippen LogP contribution in [-0.4, -0.2) is 45.3 Å². The summed E-state index contributed by atoms with van der Waals surface area (Å²) in [5.41, 5.74) is -0.514. The molecule has 0 bridgehead atoms. The highest BCUT2D eigenvalue weighted by Crippen LogP contribution is 2.35. The predicted octanol–water partition coefficient (Wildman–Crippen LogP) is 5.76. The third-order valence-corrected chi connectivity index (χ3v) is 22.1. The van der Waals surface area contributed by atoms with Gasteiger partial charge >= 0.3 is 23.9 Å². The minimum atomic E-state index is -2.04. The zero-order valence-electron chi connectivity index (χ0n) is 28.2. The van der Waals surface area contributed by atoms with E-state index in [4.69, 9.17) is 19.3 Å². The Bertz CT molecular complexity index is 1790. The number of aliphatic carboxylic acids is 1. The van der Waals surface area contributed by atoms with Gasteiger partial charge in [-0.1, -0.05) is 93.6 Å². The largest absolute Gasteiger partial charge is 0.481 e. The van der Waals surface area contributed by atoms with Crippen molar-refractivity contribution in [3.8, 4) is 0 Å². The number of carbonyl (C=O) groups excluding carboxylic acids is 3. The van der Waals surface area contributed by atoms with Gasteiger partial charge in [-0.2, -0.15) is 0 Å². The van der Waals surface area contributed by atoms with Gasteiger partial charge in [-0.25, -0.2) is 9.59 Å². The van der Waals surface area contributed by atoms with Crippen molar-refractivity contribution >= 4 is 117 Å². The Morgan fingerprint density at radius 3 is 1.75 bits per heavy atom. The molecule has 0 amide bonds. The number of hydrogen-bond donors (Lipinski definition) is 2. The molecule has 1 fully saturated rings. The third-order valence-electron chi connectivity index (χ3n) is 6.53. The Kier molecular flexibility index (Phi) is 27.7. The Balaban J connectivity index is 0.000000789. The second-order valence-corrected chi connectivity index (χ2v) is 25.5. The lowest BCUT2D eigenvalue weighted by molar-refractivity contribution is -0.210. The fourth-order valence-electron chi connectivity index (χ4n) is 3.95. The van der Waals surface area contributed by atoms with Crippen molar-refractivity contribution in [3.05, 3.63) is 83.4 Å². The van der Waals surface area contributed by atoms with Crippen LogP contribution < -0.4 is 0 Å². The number of carboxylic acids is 1. The summed E-state index contributed by atoms with van der Waals surface area (Å²) in [4.78, 5) is 46.2. The van der Waals surface area contributed by atoms with E-state index < -0.39 is 35.5 Å². The van der Waals surface area contributed by atoms with Gasteiger partial charge < -0.3 is 24.4 Å². The van der Waals surface area contributed by atoms with Gasteiger partial charge in [0.05, 0.1) is 12.8 Å². The molecular weight excluding hydrogens is 861 g/mol. The quantitative estimate of drug-likeness (QED) is 0.145. The van der Waals surface area contributed by atoms with Crippen molar-refractivity contribution in [2.75, 3.05) is 0 Å². The molecule has 2 aromatic carbocycles. The maximum atomic E-state index is 12.2. The first-order valence-corrected chi connectivity index (χ1v) is 27.1. The number of allylic oxidation sites excluding steroid dienone is 1. The molecule has 1 saturated heterocycles. The molecule has 2 N–H and O–H groups in total. The van der Waals surface area contributed by atoms with Crippen molar-refractivity contribution in [1.29, 1.82) is 0 Å². The van der Waals surface area contributed by atoms with Gasteiger partial charge in [0, 0.05) is 99.8 Å². The van der Waals surface area contributed by atoms with Crippen LogP contribution in [-0.2, 0) is 140 Å². The average Bonchev–Trinajstić information content (AvgIpc) is 3.09. The first-order chi connectivity index (χ1) is 24.3. The van der Waals surface area contributed by atoms with Gasteiger partial charge in [-0.15, -0.1) is 0 Å². The number of aliphatic hydroxyl groups is 1. The molecule has 0 saturated carbocycles. The zero-order chi connectivity index (χ0) is 38.1. The normalized spacial score (nSPS) is 14.8. The minimum absolute atomic E-state index is 0. The van der Waals surface area contributed by atoms with E-state index in [0.717, 1.165) is 23.1 Å². The monoisotopic (exact) mass is 904 g/mol. The van der Waals surface area contributed by atoms with E-state index in [1.807, 2.05) is 36.4 Å². The van der Waals surface area contributed by atoms with Crippen LogP contribution in [0.15, 0.2) is 72.3 Å². The van der Waals surface area contributed by atoms with Crippen molar-refractivity contribution in [2.45, 2.75) is 91.6 Å². The second kappa shape index (κ2) is 28.6. The number of esters is 3. The van der Waals surface area contributed by atoms with Gasteiger partial charge in [0.2, 0.25) is 5.60 Å². The Hall–Kier alpha value is -1.78. The van der Waals surface area contributed by atoms with Gasteiger partial charge in [0.15, 0.2) is 5.60 Å². The summed E-state index contributed by atoms with van der Waals surface area (Å²) in [5.74, 6) is -2.48. The average molecular weight is 905 g/mol. The molecule has 1 aliphatic rings. The molecule has 2 aromatic rings. The fourth-order valence-corrected chi connectivity index (χ4v) is 20.4. The first kappa shape index (κ1) is 50.2. The molecule has 0 aliphatic carbocycles. The molecule has 3 rings (SSSR count). The molecule has 0 aromatic heterocycles. The summed E-state index contributed by atoms with van der Waals surface area (Å²) in [7, 11) is 12.7. The van der Waals surface area contributed by atoms with Gasteiger partial charge in [0.1, 0.15) is 13.2 Å². The Labute approximate surface area is 338 Å². The molecule has 0 spiro atoms. The molecule has 9 nitrogen and oxygen atoms in total. The summed E-state index contributed by atoms with van der Waals surface area (Å²) in [6, 6.07) is 18.5. The number of ether oxygens (including phenoxy) is 3. The number of benzene rings is 2. The summed E-state index contributed by atoms with van der Waals surface area (Å²) in [6.45, 7) is 7.96. The Morgan fingerprint density at radius 1 is 0.885 bits per heavy atom. The highest BCUT2D eigenvalue weighted by atomic mass is 33.4. The number of cyclic esters (lactones) is 1. The summed E-state index contributed by atoms with van der Waals surface area (Å²) >= 11 is 9.31. The second-order valence-electron chi connectivity index (χ2n) is 11.3. The van der Waals surface area contributed by atoms with Crippen LogP contribution in [0.4, 0.5) is 0 Å². The van der Waals surface area contributed by atoms with E-state index in [1.54, 1.807) is 97.5 Å². The smallest absolute Gasteiger partial charge is 0.351 e. The first-order valence-electron chi connectivity index (χ1n) is 15.1. The topological polar surface area (TPSA) is 136 Å². The van der Waals surface area contributed by atoms with E-state index in [2.05, 4.69) is 36.2 Å². The molecule has 1 aliphatic heterocycles. The van der Waals surface area contributed by atoms with Crippen LogP contribution in [0.1, 0.15) is 78.4 Å². The van der Waals surface area contributed by atoms with Crippen molar-refractivity contribution in [1.82, 2.24) is 0 Å². The minimum Gasteiger partial charge on any atom is -0.481 e. The maximum absolute atomic E-state index is 12.2. The lowest BCUT2D eigenvalue weighted by atomic mass is 9.86. The van der Waals surface area contributed by atoms with Crippen LogP contribution in [0.3, 0.4) is 0 Å². The van der Waals surface area contributed by atoms with E-state index in [0.29, 0.717) is 12.3 Å². The zero-order valence-corrected chi connectivity index (χ0v) is 36.4. The van der Waals surface area contributed by atoms with Gasteiger partial charge in [0.25, 0.3) is 0 Å². The molecule has 290 valence electrons. The van der Waals surface area contributed by atoms with Crippen molar-refractivity contribution in [3.63, 3.8) is 0 Å². The molecule has 52 heavy (non-hydrogen) atoms. The maximum Gasteiger partial charge on any atom is 0.351 e. The van der Waals surface area contributed by atoms with Crippen LogP contribution in [0.2, 0.25) is 0 Å². The summed E-state index contributed by atoms with van der Waals surface area (Å²) < 4.78 is 15.5. The van der Waals surface area contributed by atoms with Crippen LogP contribution >= 0.6 is 0 Å². The van der Waals surface area contributed by atoms with E-state index in [9.17, 15) is 24.3 Å². The lowest BCUT2D eigenvalue weighted by Gasteiger charge is -2.38. The summed E-state index contributed by atoms with van der Waals surface area (Å²) in [6.07, 6.45) is 2.33. The molecule has 2 atom stereocenters. The van der Waals surface area contributed by atoms with Crippen LogP contribution in [0.5, 0.6) is 0 Å². The van der Waals surface area contributed by atoms with Crippen molar-refractivity contribution < 1.29 is 43.6 Å². The number of carboxylic acid groups (broad SMARTS) is 1. The molecule has 1 heterocycles.